The Morgan fingerprint density at radius 3 is 2.46 bits per heavy atom. The van der Waals surface area contributed by atoms with Gasteiger partial charge in [0.05, 0.1) is 12.8 Å². The second-order valence-corrected chi connectivity index (χ2v) is 8.88. The van der Waals surface area contributed by atoms with Crippen LogP contribution in [0.3, 0.4) is 0 Å². The molecule has 0 bridgehead atoms. The van der Waals surface area contributed by atoms with Gasteiger partial charge in [-0.2, -0.15) is 4.98 Å². The summed E-state index contributed by atoms with van der Waals surface area (Å²) in [5, 5.41) is 3.81. The predicted molar refractivity (Wildman–Crippen MR) is 140 cm³/mol. The molecule has 0 unspecified atom stereocenters. The summed E-state index contributed by atoms with van der Waals surface area (Å²) in [6.07, 6.45) is 1.60. The maximum atomic E-state index is 13.0. The molecule has 35 heavy (non-hydrogen) atoms. The number of nitrogens with zero attached hydrogens (tertiary/aromatic N) is 6. The summed E-state index contributed by atoms with van der Waals surface area (Å²) in [6, 6.07) is 13.9. The van der Waals surface area contributed by atoms with Crippen LogP contribution in [0.1, 0.15) is 12.5 Å². The molecular weight excluding hydrogens is 442 g/mol. The van der Waals surface area contributed by atoms with Crippen molar-refractivity contribution in [2.24, 2.45) is 0 Å². The van der Waals surface area contributed by atoms with Crippen molar-refractivity contribution in [3.8, 4) is 11.4 Å². The van der Waals surface area contributed by atoms with E-state index in [2.05, 4.69) is 52.3 Å². The number of piperazine rings is 1. The van der Waals surface area contributed by atoms with Crippen LogP contribution in [0.2, 0.25) is 0 Å². The lowest BCUT2D eigenvalue weighted by molar-refractivity contribution is 0.312. The molecule has 0 atom stereocenters. The van der Waals surface area contributed by atoms with Gasteiger partial charge in [0.25, 0.3) is 5.56 Å². The summed E-state index contributed by atoms with van der Waals surface area (Å²) >= 11 is 0. The molecular formula is C26H31N7O2. The molecule has 1 aliphatic rings. The van der Waals surface area contributed by atoms with Gasteiger partial charge in [-0.05, 0) is 68.9 Å². The molecule has 0 saturated carbocycles. The van der Waals surface area contributed by atoms with E-state index in [4.69, 9.17) is 9.72 Å². The molecule has 182 valence electrons. The van der Waals surface area contributed by atoms with Gasteiger partial charge >= 0.3 is 0 Å². The van der Waals surface area contributed by atoms with Crippen molar-refractivity contribution in [1.29, 1.82) is 0 Å². The second kappa shape index (κ2) is 9.42. The predicted octanol–water partition coefficient (Wildman–Crippen LogP) is 3.41. The molecule has 0 amide bonds. The average Bonchev–Trinajstić information content (AvgIpc) is 3.15. The maximum absolute atomic E-state index is 13.0. The number of likely N-dealkylation sites (N-methyl/N-ethyl adjacent to an activating group) is 1. The number of nitrogens with one attached hydrogen (secondary N) is 1. The normalized spacial score (nSPS) is 14.5. The number of aryl methyl sites for hydroxylation is 1. The van der Waals surface area contributed by atoms with Crippen LogP contribution in [0.15, 0.2) is 53.5 Å². The first kappa shape index (κ1) is 22.9. The van der Waals surface area contributed by atoms with E-state index in [1.807, 2.05) is 35.9 Å². The molecule has 0 aliphatic carbocycles. The van der Waals surface area contributed by atoms with Crippen molar-refractivity contribution in [2.75, 3.05) is 50.6 Å². The van der Waals surface area contributed by atoms with Crippen molar-refractivity contribution in [3.05, 3.63) is 64.6 Å². The van der Waals surface area contributed by atoms with E-state index in [0.29, 0.717) is 23.5 Å². The van der Waals surface area contributed by atoms with E-state index in [0.717, 1.165) is 43.3 Å². The molecule has 0 spiro atoms. The summed E-state index contributed by atoms with van der Waals surface area (Å²) < 4.78 is 8.79. The minimum absolute atomic E-state index is 0.114. The van der Waals surface area contributed by atoms with E-state index in [-0.39, 0.29) is 5.56 Å². The topological polar surface area (TPSA) is 80.5 Å². The maximum Gasteiger partial charge on any atom is 0.278 e. The number of rotatable bonds is 6. The number of fused-ring (bicyclic) bond motifs is 1. The first-order valence-corrected chi connectivity index (χ1v) is 11.9. The molecule has 2 aromatic carbocycles. The number of anilines is 3. The highest BCUT2D eigenvalue weighted by atomic mass is 16.5. The summed E-state index contributed by atoms with van der Waals surface area (Å²) in [5.74, 6) is 1.20. The van der Waals surface area contributed by atoms with E-state index in [9.17, 15) is 4.79 Å². The molecule has 3 heterocycles. The van der Waals surface area contributed by atoms with Gasteiger partial charge in [0.1, 0.15) is 11.1 Å². The standard InChI is InChI=1S/C26H31N7O2/c1-5-32-25(34)22-17-27-26(29-24(22)33(32)20-7-9-21(35-4)10-8-20)28-19-6-11-23(18(2)16-19)31-14-12-30(3)13-15-31/h6-11,16-17H,5,12-15H2,1-4H3,(H,27,28,29). The molecule has 1 saturated heterocycles. The lowest BCUT2D eigenvalue weighted by Crippen LogP contribution is -2.44. The molecule has 1 aliphatic heterocycles. The molecule has 4 aromatic rings. The first-order chi connectivity index (χ1) is 17.0. The minimum atomic E-state index is -0.114. The van der Waals surface area contributed by atoms with Crippen LogP contribution in [-0.2, 0) is 6.54 Å². The van der Waals surface area contributed by atoms with Crippen LogP contribution in [0.25, 0.3) is 16.7 Å². The molecule has 5 rings (SSSR count). The summed E-state index contributed by atoms with van der Waals surface area (Å²) in [6.45, 7) is 8.78. The van der Waals surface area contributed by atoms with E-state index in [1.165, 1.54) is 11.3 Å². The highest BCUT2D eigenvalue weighted by molar-refractivity contribution is 5.77. The summed E-state index contributed by atoms with van der Waals surface area (Å²) in [7, 11) is 3.80. The second-order valence-electron chi connectivity index (χ2n) is 8.88. The highest BCUT2D eigenvalue weighted by Gasteiger charge is 2.18. The number of aromatic nitrogens is 4. The van der Waals surface area contributed by atoms with Crippen LogP contribution in [0.5, 0.6) is 5.75 Å². The van der Waals surface area contributed by atoms with Crippen LogP contribution in [-0.4, -0.2) is 64.6 Å². The average molecular weight is 474 g/mol. The van der Waals surface area contributed by atoms with Gasteiger partial charge in [-0.3, -0.25) is 4.79 Å². The Morgan fingerprint density at radius 1 is 1.06 bits per heavy atom. The SMILES string of the molecule is CCn1c(=O)c2cnc(Nc3ccc(N4CCN(C)CC4)c(C)c3)nc2n1-c1ccc(OC)cc1. The molecule has 0 radical (unpaired) electrons. The van der Waals surface area contributed by atoms with Crippen molar-refractivity contribution < 1.29 is 4.74 Å². The third-order valence-electron chi connectivity index (χ3n) is 6.59. The van der Waals surface area contributed by atoms with Gasteiger partial charge in [-0.15, -0.1) is 0 Å². The van der Waals surface area contributed by atoms with Crippen molar-refractivity contribution in [3.63, 3.8) is 0 Å². The Morgan fingerprint density at radius 2 is 1.80 bits per heavy atom. The first-order valence-electron chi connectivity index (χ1n) is 11.9. The van der Waals surface area contributed by atoms with Gasteiger partial charge < -0.3 is 19.9 Å². The highest BCUT2D eigenvalue weighted by Crippen LogP contribution is 2.26. The Kier molecular flexibility index (Phi) is 6.17. The molecule has 9 heteroatoms. The third kappa shape index (κ3) is 4.35. The fourth-order valence-electron chi connectivity index (χ4n) is 4.62. The van der Waals surface area contributed by atoms with Crippen LogP contribution in [0, 0.1) is 6.92 Å². The number of ether oxygens (including phenoxy) is 1. The van der Waals surface area contributed by atoms with Gasteiger partial charge in [-0.25, -0.2) is 14.3 Å². The minimum Gasteiger partial charge on any atom is -0.497 e. The fourth-order valence-corrected chi connectivity index (χ4v) is 4.62. The van der Waals surface area contributed by atoms with Crippen LogP contribution in [0.4, 0.5) is 17.3 Å². The smallest absolute Gasteiger partial charge is 0.278 e. The number of hydrogen-bond acceptors (Lipinski definition) is 7. The Bertz CT molecular complexity index is 1400. The Labute approximate surface area is 204 Å². The van der Waals surface area contributed by atoms with Crippen LogP contribution >= 0.6 is 0 Å². The van der Waals surface area contributed by atoms with Crippen LogP contribution < -0.4 is 20.5 Å². The quantitative estimate of drug-likeness (QED) is 0.460. The van der Waals surface area contributed by atoms with E-state index in [1.54, 1.807) is 18.0 Å². The zero-order valence-corrected chi connectivity index (χ0v) is 20.7. The molecule has 1 fully saturated rings. The molecule has 2 aromatic heterocycles. The van der Waals surface area contributed by atoms with Gasteiger partial charge in [0.15, 0.2) is 5.65 Å². The lowest BCUT2D eigenvalue weighted by Gasteiger charge is -2.35. The number of hydrogen-bond donors (Lipinski definition) is 1. The summed E-state index contributed by atoms with van der Waals surface area (Å²) in [4.78, 5) is 27.0. The van der Waals surface area contributed by atoms with Crippen molar-refractivity contribution in [2.45, 2.75) is 20.4 Å². The van der Waals surface area contributed by atoms with E-state index < -0.39 is 0 Å². The van der Waals surface area contributed by atoms with Crippen molar-refractivity contribution in [1.82, 2.24) is 24.2 Å². The largest absolute Gasteiger partial charge is 0.497 e. The molecule has 1 N–H and O–H groups in total. The van der Waals surface area contributed by atoms with Gasteiger partial charge in [0, 0.05) is 50.3 Å². The van der Waals surface area contributed by atoms with Crippen molar-refractivity contribution >= 4 is 28.4 Å². The Balaban J connectivity index is 1.47. The summed E-state index contributed by atoms with van der Waals surface area (Å²) in [5.41, 5.74) is 4.65. The monoisotopic (exact) mass is 473 g/mol. The fraction of sp³-hybridized carbons (Fsp3) is 0.346. The van der Waals surface area contributed by atoms with Gasteiger partial charge in [-0.1, -0.05) is 0 Å². The van der Waals surface area contributed by atoms with Gasteiger partial charge in [0.2, 0.25) is 5.95 Å². The third-order valence-corrected chi connectivity index (χ3v) is 6.59. The Hall–Kier alpha value is -3.85. The molecule has 9 nitrogen and oxygen atoms in total. The number of benzene rings is 2. The number of methoxy groups -OCH3 is 1. The zero-order valence-electron chi connectivity index (χ0n) is 20.7. The lowest BCUT2D eigenvalue weighted by atomic mass is 10.1. The van der Waals surface area contributed by atoms with E-state index >= 15 is 0 Å². The zero-order chi connectivity index (χ0) is 24.5.